The van der Waals surface area contributed by atoms with Crippen molar-refractivity contribution in [1.29, 1.82) is 0 Å². The lowest BCUT2D eigenvalue weighted by molar-refractivity contribution is -0.145. The first kappa shape index (κ1) is 16.7. The van der Waals surface area contributed by atoms with Gasteiger partial charge in [0, 0.05) is 18.0 Å². The molecule has 1 N–H and O–H groups in total. The highest BCUT2D eigenvalue weighted by atomic mass is 32.2. The summed E-state index contributed by atoms with van der Waals surface area (Å²) in [6.07, 6.45) is 1.10. The second kappa shape index (κ2) is 8.08. The lowest BCUT2D eigenvalue weighted by atomic mass is 9.97. The first-order valence-electron chi connectivity index (χ1n) is 7.46. The normalized spacial score (nSPS) is 15.6. The zero-order valence-corrected chi connectivity index (χ0v) is 13.5. The number of amides is 1. The highest BCUT2D eigenvalue weighted by Gasteiger charge is 2.26. The molecule has 1 aliphatic rings. The summed E-state index contributed by atoms with van der Waals surface area (Å²) in [6, 6.07) is 7.68. The number of carboxylic acid groups (broad SMARTS) is 1. The number of rotatable bonds is 6. The summed E-state index contributed by atoms with van der Waals surface area (Å²) in [7, 11) is 0. The molecule has 0 saturated carbocycles. The van der Waals surface area contributed by atoms with Crippen LogP contribution in [0, 0.1) is 5.92 Å². The number of hydrogen-bond donors (Lipinski definition) is 1. The van der Waals surface area contributed by atoms with Crippen LogP contribution < -0.4 is 4.74 Å². The molecule has 1 saturated heterocycles. The Bertz CT molecular complexity index is 509. The fraction of sp³-hybridized carbons (Fsp3) is 0.500. The molecule has 0 radical (unpaired) electrons. The Morgan fingerprint density at radius 2 is 1.91 bits per heavy atom. The Morgan fingerprint density at radius 3 is 2.45 bits per heavy atom. The number of ether oxygens (including phenoxy) is 1. The Kier molecular flexibility index (Phi) is 6.12. The molecule has 1 aromatic rings. The van der Waals surface area contributed by atoms with Crippen LogP contribution in [0.3, 0.4) is 0 Å². The van der Waals surface area contributed by atoms with Gasteiger partial charge in [0.1, 0.15) is 5.75 Å². The predicted molar refractivity (Wildman–Crippen MR) is 85.3 cm³/mol. The van der Waals surface area contributed by atoms with Crippen LogP contribution >= 0.6 is 11.8 Å². The lowest BCUT2D eigenvalue weighted by Crippen LogP contribution is -2.41. The van der Waals surface area contributed by atoms with Gasteiger partial charge in [-0.15, -0.1) is 11.8 Å². The predicted octanol–water partition coefficient (Wildman–Crippen LogP) is 2.50. The molecule has 0 bridgehead atoms. The van der Waals surface area contributed by atoms with Gasteiger partial charge in [-0.1, -0.05) is 0 Å². The molecule has 0 spiro atoms. The smallest absolute Gasteiger partial charge is 0.306 e. The molecular weight excluding hydrogens is 302 g/mol. The van der Waals surface area contributed by atoms with Crippen molar-refractivity contribution < 1.29 is 19.4 Å². The number of nitrogens with zero attached hydrogens (tertiary/aromatic N) is 1. The van der Waals surface area contributed by atoms with Gasteiger partial charge >= 0.3 is 5.97 Å². The van der Waals surface area contributed by atoms with Gasteiger partial charge in [0.25, 0.3) is 0 Å². The van der Waals surface area contributed by atoms with Crippen LogP contribution in [0.4, 0.5) is 0 Å². The molecular formula is C16H21NO4S. The lowest BCUT2D eigenvalue weighted by Gasteiger charge is -2.30. The van der Waals surface area contributed by atoms with Crippen molar-refractivity contribution in [2.45, 2.75) is 24.7 Å². The van der Waals surface area contributed by atoms with E-state index in [2.05, 4.69) is 0 Å². The zero-order chi connectivity index (χ0) is 15.9. The molecule has 2 rings (SSSR count). The van der Waals surface area contributed by atoms with Gasteiger partial charge in [0.2, 0.25) is 5.91 Å². The molecule has 1 heterocycles. The third-order valence-electron chi connectivity index (χ3n) is 3.69. The molecule has 1 aliphatic heterocycles. The maximum atomic E-state index is 12.2. The van der Waals surface area contributed by atoms with E-state index in [-0.39, 0.29) is 11.8 Å². The van der Waals surface area contributed by atoms with Crippen LogP contribution in [0.1, 0.15) is 19.8 Å². The van der Waals surface area contributed by atoms with E-state index in [9.17, 15) is 9.59 Å². The minimum Gasteiger partial charge on any atom is -0.494 e. The molecule has 1 fully saturated rings. The van der Waals surface area contributed by atoms with Crippen molar-refractivity contribution in [2.75, 3.05) is 25.4 Å². The number of hydrogen-bond acceptors (Lipinski definition) is 4. The quantitative estimate of drug-likeness (QED) is 0.815. The highest BCUT2D eigenvalue weighted by Crippen LogP contribution is 2.23. The highest BCUT2D eigenvalue weighted by molar-refractivity contribution is 8.00. The molecule has 120 valence electrons. The van der Waals surface area contributed by atoms with Gasteiger partial charge in [-0.3, -0.25) is 9.59 Å². The fourth-order valence-corrected chi connectivity index (χ4v) is 3.21. The Morgan fingerprint density at radius 1 is 1.27 bits per heavy atom. The Hall–Kier alpha value is -1.69. The monoisotopic (exact) mass is 323 g/mol. The summed E-state index contributed by atoms with van der Waals surface area (Å²) in [4.78, 5) is 25.8. The topological polar surface area (TPSA) is 66.8 Å². The van der Waals surface area contributed by atoms with Crippen molar-refractivity contribution >= 4 is 23.6 Å². The number of likely N-dealkylation sites (tertiary alicyclic amines) is 1. The number of carbonyl (C=O) groups excluding carboxylic acids is 1. The van der Waals surface area contributed by atoms with E-state index in [1.165, 1.54) is 11.8 Å². The van der Waals surface area contributed by atoms with Crippen LogP contribution in [0.25, 0.3) is 0 Å². The second-order valence-corrected chi connectivity index (χ2v) is 6.24. The summed E-state index contributed by atoms with van der Waals surface area (Å²) in [5.41, 5.74) is 0. The molecule has 0 unspecified atom stereocenters. The second-order valence-electron chi connectivity index (χ2n) is 5.19. The molecule has 5 nitrogen and oxygen atoms in total. The summed E-state index contributed by atoms with van der Waals surface area (Å²) in [5, 5.41) is 8.96. The number of aliphatic carboxylic acids is 1. The minimum atomic E-state index is -0.754. The van der Waals surface area contributed by atoms with E-state index in [0.717, 1.165) is 10.6 Å². The third kappa shape index (κ3) is 4.66. The summed E-state index contributed by atoms with van der Waals surface area (Å²) >= 11 is 1.49. The van der Waals surface area contributed by atoms with E-state index in [1.807, 2.05) is 31.2 Å². The van der Waals surface area contributed by atoms with Crippen molar-refractivity contribution in [1.82, 2.24) is 4.90 Å². The van der Waals surface area contributed by atoms with Crippen LogP contribution in [0.15, 0.2) is 29.2 Å². The molecule has 0 aromatic heterocycles. The van der Waals surface area contributed by atoms with Gasteiger partial charge in [-0.05, 0) is 44.0 Å². The maximum absolute atomic E-state index is 12.2. The Balaban J connectivity index is 1.77. The summed E-state index contributed by atoms with van der Waals surface area (Å²) in [6.45, 7) is 3.66. The van der Waals surface area contributed by atoms with Crippen molar-refractivity contribution in [3.05, 3.63) is 24.3 Å². The first-order valence-corrected chi connectivity index (χ1v) is 8.45. The molecule has 1 amide bonds. The van der Waals surface area contributed by atoms with Crippen LogP contribution in [0.5, 0.6) is 5.75 Å². The molecule has 0 aliphatic carbocycles. The first-order chi connectivity index (χ1) is 10.6. The average Bonchev–Trinajstić information content (AvgIpc) is 2.54. The van der Waals surface area contributed by atoms with E-state index in [1.54, 1.807) is 4.90 Å². The molecule has 1 aromatic carbocycles. The minimum absolute atomic E-state index is 0.0720. The number of carbonyl (C=O) groups is 2. The molecule has 22 heavy (non-hydrogen) atoms. The van der Waals surface area contributed by atoms with Gasteiger partial charge in [0.05, 0.1) is 18.3 Å². The summed E-state index contributed by atoms with van der Waals surface area (Å²) in [5.74, 6) is 0.224. The Labute approximate surface area is 134 Å². The zero-order valence-electron chi connectivity index (χ0n) is 12.7. The number of benzene rings is 1. The van der Waals surface area contributed by atoms with Crippen LogP contribution in [-0.4, -0.2) is 47.3 Å². The van der Waals surface area contributed by atoms with Crippen molar-refractivity contribution in [2.24, 2.45) is 5.92 Å². The maximum Gasteiger partial charge on any atom is 0.306 e. The van der Waals surface area contributed by atoms with E-state index in [4.69, 9.17) is 9.84 Å². The van der Waals surface area contributed by atoms with Gasteiger partial charge in [0.15, 0.2) is 0 Å². The van der Waals surface area contributed by atoms with E-state index in [0.29, 0.717) is 38.3 Å². The van der Waals surface area contributed by atoms with Gasteiger partial charge < -0.3 is 14.7 Å². The third-order valence-corrected chi connectivity index (χ3v) is 4.69. The van der Waals surface area contributed by atoms with Gasteiger partial charge in [-0.2, -0.15) is 0 Å². The molecule has 6 heteroatoms. The van der Waals surface area contributed by atoms with Crippen LogP contribution in [0.2, 0.25) is 0 Å². The largest absolute Gasteiger partial charge is 0.494 e. The van der Waals surface area contributed by atoms with E-state index < -0.39 is 5.97 Å². The van der Waals surface area contributed by atoms with Crippen molar-refractivity contribution in [3.8, 4) is 5.75 Å². The number of carboxylic acids is 1. The average molecular weight is 323 g/mol. The number of thioether (sulfide) groups is 1. The van der Waals surface area contributed by atoms with Crippen LogP contribution in [-0.2, 0) is 9.59 Å². The van der Waals surface area contributed by atoms with Crippen molar-refractivity contribution in [3.63, 3.8) is 0 Å². The SMILES string of the molecule is CCOc1ccc(SCC(=O)N2CCC(C(=O)O)CC2)cc1. The van der Waals surface area contributed by atoms with Gasteiger partial charge in [-0.25, -0.2) is 0 Å². The number of piperidine rings is 1. The summed E-state index contributed by atoms with van der Waals surface area (Å²) < 4.78 is 5.38. The van der Waals surface area contributed by atoms with E-state index >= 15 is 0 Å². The molecule has 0 atom stereocenters. The standard InChI is InChI=1S/C16H21NO4S/c1-2-21-13-3-5-14(6-4-13)22-11-15(18)17-9-7-12(8-10-17)16(19)20/h3-6,12H,2,7-11H2,1H3,(H,19,20). The fourth-order valence-electron chi connectivity index (χ4n) is 2.41.